The monoisotopic (exact) mass is 184 g/mol. The lowest BCUT2D eigenvalue weighted by Crippen LogP contribution is -2.05. The van der Waals surface area contributed by atoms with Crippen LogP contribution in [0.25, 0.3) is 0 Å². The minimum absolute atomic E-state index is 0.00556. The summed E-state index contributed by atoms with van der Waals surface area (Å²) >= 11 is 0. The maximum absolute atomic E-state index is 11.2. The Morgan fingerprint density at radius 1 is 1.38 bits per heavy atom. The van der Waals surface area contributed by atoms with Crippen molar-refractivity contribution in [3.05, 3.63) is 0 Å². The molecule has 2 heteroatoms. The predicted octanol–water partition coefficient (Wildman–Crippen LogP) is 2.62. The van der Waals surface area contributed by atoms with Gasteiger partial charge in [-0.05, 0) is 18.3 Å². The molecule has 3 atom stereocenters. The van der Waals surface area contributed by atoms with E-state index in [4.69, 9.17) is 4.74 Å². The van der Waals surface area contributed by atoms with Gasteiger partial charge in [-0.3, -0.25) is 4.79 Å². The maximum Gasteiger partial charge on any atom is 0.309 e. The van der Waals surface area contributed by atoms with Crippen molar-refractivity contribution in [2.75, 3.05) is 7.11 Å². The summed E-state index contributed by atoms with van der Waals surface area (Å²) < 4.78 is 4.74. The minimum atomic E-state index is -0.00556. The molecule has 0 aliphatic heterocycles. The first-order valence-electron chi connectivity index (χ1n) is 5.30. The second-order valence-corrected chi connectivity index (χ2v) is 4.07. The molecule has 2 nitrogen and oxygen atoms in total. The summed E-state index contributed by atoms with van der Waals surface area (Å²) in [4.78, 5) is 11.2. The van der Waals surface area contributed by atoms with Crippen molar-refractivity contribution in [3.8, 4) is 0 Å². The van der Waals surface area contributed by atoms with Gasteiger partial charge in [-0.15, -0.1) is 0 Å². The highest BCUT2D eigenvalue weighted by Crippen LogP contribution is 2.49. The molecule has 76 valence electrons. The first-order valence-corrected chi connectivity index (χ1v) is 5.30. The zero-order valence-electron chi connectivity index (χ0n) is 8.88. The lowest BCUT2D eigenvalue weighted by molar-refractivity contribution is -0.142. The van der Waals surface area contributed by atoms with Crippen LogP contribution in [0.4, 0.5) is 0 Å². The average molecular weight is 184 g/mol. The third-order valence-electron chi connectivity index (χ3n) is 3.18. The van der Waals surface area contributed by atoms with Gasteiger partial charge < -0.3 is 4.74 Å². The van der Waals surface area contributed by atoms with E-state index >= 15 is 0 Å². The molecule has 0 spiro atoms. The van der Waals surface area contributed by atoms with Crippen molar-refractivity contribution < 1.29 is 9.53 Å². The highest BCUT2D eigenvalue weighted by molar-refractivity contribution is 5.76. The van der Waals surface area contributed by atoms with E-state index in [1.807, 2.05) is 0 Å². The van der Waals surface area contributed by atoms with E-state index in [1.165, 1.54) is 32.8 Å². The molecule has 0 aromatic rings. The SMILES string of the molecule is CCCCC[C@H]1C(C(=O)OC)[C@@H]1C. The van der Waals surface area contributed by atoms with Crippen LogP contribution in [0.3, 0.4) is 0 Å². The highest BCUT2D eigenvalue weighted by Gasteiger charge is 2.51. The number of esters is 1. The van der Waals surface area contributed by atoms with Crippen LogP contribution in [0.2, 0.25) is 0 Å². The molecule has 1 aliphatic rings. The quantitative estimate of drug-likeness (QED) is 0.485. The first kappa shape index (κ1) is 10.6. The molecule has 0 aromatic carbocycles. The summed E-state index contributed by atoms with van der Waals surface area (Å²) in [5, 5.41) is 0. The Morgan fingerprint density at radius 3 is 2.62 bits per heavy atom. The number of carbonyl (C=O) groups excluding carboxylic acids is 1. The zero-order valence-corrected chi connectivity index (χ0v) is 8.88. The molecule has 1 fully saturated rings. The number of ether oxygens (including phenoxy) is 1. The zero-order chi connectivity index (χ0) is 9.84. The van der Waals surface area contributed by atoms with Crippen LogP contribution in [-0.2, 0) is 9.53 Å². The predicted molar refractivity (Wildman–Crippen MR) is 52.3 cm³/mol. The van der Waals surface area contributed by atoms with Gasteiger partial charge in [-0.1, -0.05) is 33.1 Å². The number of hydrogen-bond acceptors (Lipinski definition) is 2. The Hall–Kier alpha value is -0.530. The fraction of sp³-hybridized carbons (Fsp3) is 0.909. The van der Waals surface area contributed by atoms with Gasteiger partial charge in [0.1, 0.15) is 0 Å². The largest absolute Gasteiger partial charge is 0.469 e. The number of carbonyl (C=O) groups is 1. The molecule has 0 N–H and O–H groups in total. The van der Waals surface area contributed by atoms with E-state index in [0.717, 1.165) is 0 Å². The Bertz CT molecular complexity index is 177. The van der Waals surface area contributed by atoms with Crippen LogP contribution in [0.1, 0.15) is 39.5 Å². The molecule has 1 aliphatic carbocycles. The number of unbranched alkanes of at least 4 members (excludes halogenated alkanes) is 2. The smallest absolute Gasteiger partial charge is 0.309 e. The molecular weight excluding hydrogens is 164 g/mol. The van der Waals surface area contributed by atoms with Gasteiger partial charge in [0.15, 0.2) is 0 Å². The van der Waals surface area contributed by atoms with E-state index in [-0.39, 0.29) is 11.9 Å². The number of rotatable bonds is 5. The topological polar surface area (TPSA) is 26.3 Å². The summed E-state index contributed by atoms with van der Waals surface area (Å²) in [6.07, 6.45) is 5.01. The molecule has 0 aromatic heterocycles. The van der Waals surface area contributed by atoms with E-state index in [1.54, 1.807) is 0 Å². The van der Waals surface area contributed by atoms with Crippen LogP contribution < -0.4 is 0 Å². The van der Waals surface area contributed by atoms with Crippen LogP contribution in [0.5, 0.6) is 0 Å². The van der Waals surface area contributed by atoms with E-state index in [2.05, 4.69) is 13.8 Å². The van der Waals surface area contributed by atoms with Crippen LogP contribution >= 0.6 is 0 Å². The molecule has 1 saturated carbocycles. The van der Waals surface area contributed by atoms with E-state index in [9.17, 15) is 4.79 Å². The van der Waals surface area contributed by atoms with Crippen LogP contribution in [-0.4, -0.2) is 13.1 Å². The Kier molecular flexibility index (Phi) is 3.76. The van der Waals surface area contributed by atoms with Crippen LogP contribution in [0.15, 0.2) is 0 Å². The van der Waals surface area contributed by atoms with Gasteiger partial charge in [0.25, 0.3) is 0 Å². The summed E-state index contributed by atoms with van der Waals surface area (Å²) in [6.45, 7) is 4.35. The van der Waals surface area contributed by atoms with Gasteiger partial charge in [0.05, 0.1) is 13.0 Å². The molecule has 0 amide bonds. The first-order chi connectivity index (χ1) is 6.22. The van der Waals surface area contributed by atoms with Gasteiger partial charge in [0.2, 0.25) is 0 Å². The average Bonchev–Trinajstić information content (AvgIpc) is 2.76. The molecule has 0 heterocycles. The van der Waals surface area contributed by atoms with Crippen molar-refractivity contribution in [1.29, 1.82) is 0 Å². The normalized spacial score (nSPS) is 31.5. The van der Waals surface area contributed by atoms with Gasteiger partial charge in [0, 0.05) is 0 Å². The van der Waals surface area contributed by atoms with Gasteiger partial charge in [-0.2, -0.15) is 0 Å². The molecule has 0 radical (unpaired) electrons. The lowest BCUT2D eigenvalue weighted by atomic mass is 10.1. The van der Waals surface area contributed by atoms with Gasteiger partial charge in [-0.25, -0.2) is 0 Å². The second-order valence-electron chi connectivity index (χ2n) is 4.07. The molecule has 13 heavy (non-hydrogen) atoms. The summed E-state index contributed by atoms with van der Waals surface area (Å²) in [6, 6.07) is 0. The third-order valence-corrected chi connectivity index (χ3v) is 3.18. The minimum Gasteiger partial charge on any atom is -0.469 e. The lowest BCUT2D eigenvalue weighted by Gasteiger charge is -1.97. The number of hydrogen-bond donors (Lipinski definition) is 0. The van der Waals surface area contributed by atoms with Crippen molar-refractivity contribution in [1.82, 2.24) is 0 Å². The fourth-order valence-electron chi connectivity index (χ4n) is 2.14. The second kappa shape index (κ2) is 4.64. The maximum atomic E-state index is 11.2. The van der Waals surface area contributed by atoms with E-state index in [0.29, 0.717) is 11.8 Å². The standard InChI is InChI=1S/C11H20O2/c1-4-5-6-7-9-8(2)10(9)11(12)13-3/h8-10H,4-7H2,1-3H3/t8-,9-,10?/m1/s1. The Labute approximate surface area is 80.7 Å². The molecule has 0 saturated heterocycles. The van der Waals surface area contributed by atoms with Gasteiger partial charge >= 0.3 is 5.97 Å². The summed E-state index contributed by atoms with van der Waals surface area (Å²) in [7, 11) is 1.48. The van der Waals surface area contributed by atoms with Crippen molar-refractivity contribution in [2.24, 2.45) is 17.8 Å². The highest BCUT2D eigenvalue weighted by atomic mass is 16.5. The molecule has 1 rings (SSSR count). The molecule has 0 bridgehead atoms. The summed E-state index contributed by atoms with van der Waals surface area (Å²) in [5.74, 6) is 1.37. The Morgan fingerprint density at radius 2 is 2.08 bits per heavy atom. The number of methoxy groups -OCH3 is 1. The van der Waals surface area contributed by atoms with Crippen molar-refractivity contribution in [2.45, 2.75) is 39.5 Å². The molecular formula is C11H20O2. The van der Waals surface area contributed by atoms with Crippen LogP contribution in [0, 0.1) is 17.8 Å². The van der Waals surface area contributed by atoms with Crippen molar-refractivity contribution in [3.63, 3.8) is 0 Å². The fourth-order valence-corrected chi connectivity index (χ4v) is 2.14. The van der Waals surface area contributed by atoms with E-state index < -0.39 is 0 Å². The summed E-state index contributed by atoms with van der Waals surface area (Å²) in [5.41, 5.74) is 0. The Balaban J connectivity index is 2.20. The molecule has 1 unspecified atom stereocenters. The third kappa shape index (κ3) is 2.45. The van der Waals surface area contributed by atoms with Crippen molar-refractivity contribution >= 4 is 5.97 Å².